The van der Waals surface area contributed by atoms with Crippen LogP contribution in [0.25, 0.3) is 10.9 Å². The molecule has 0 fully saturated rings. The summed E-state index contributed by atoms with van der Waals surface area (Å²) in [6.07, 6.45) is 0. The first-order chi connectivity index (χ1) is 6.24. The second kappa shape index (κ2) is 2.76. The maximum absolute atomic E-state index is 9.64. The number of aromatic nitrogens is 2. The molecule has 0 unspecified atom stereocenters. The summed E-state index contributed by atoms with van der Waals surface area (Å²) in [4.78, 5) is 0. The van der Waals surface area contributed by atoms with Gasteiger partial charge in [0, 0.05) is 11.9 Å². The number of hydrogen-bond acceptors (Lipinski definition) is 2. The van der Waals surface area contributed by atoms with Gasteiger partial charge in [0.1, 0.15) is 11.3 Å². The van der Waals surface area contributed by atoms with Crippen molar-refractivity contribution in [2.24, 2.45) is 0 Å². The van der Waals surface area contributed by atoms with E-state index >= 15 is 0 Å². The van der Waals surface area contributed by atoms with Crippen molar-refractivity contribution >= 4 is 10.9 Å². The largest absolute Gasteiger partial charge is 0.506 e. The average molecular weight is 176 g/mol. The van der Waals surface area contributed by atoms with Crippen LogP contribution in [0.4, 0.5) is 0 Å². The fraction of sp³-hybridized carbons (Fsp3) is 0.300. The van der Waals surface area contributed by atoms with E-state index in [1.165, 1.54) is 0 Å². The fourth-order valence-corrected chi connectivity index (χ4v) is 1.61. The highest BCUT2D eigenvalue weighted by atomic mass is 16.3. The lowest BCUT2D eigenvalue weighted by Crippen LogP contribution is -1.95. The summed E-state index contributed by atoms with van der Waals surface area (Å²) in [5, 5.41) is 15.0. The molecule has 68 valence electrons. The molecule has 0 saturated heterocycles. The monoisotopic (exact) mass is 176 g/mol. The van der Waals surface area contributed by atoms with Gasteiger partial charge in [-0.1, -0.05) is 12.1 Å². The number of benzene rings is 1. The lowest BCUT2D eigenvalue weighted by Gasteiger charge is -1.99. The molecule has 0 spiro atoms. The van der Waals surface area contributed by atoms with Crippen molar-refractivity contribution in [2.45, 2.75) is 20.4 Å². The molecule has 3 nitrogen and oxygen atoms in total. The number of phenolic OH excluding ortho intramolecular Hbond substituents is 1. The van der Waals surface area contributed by atoms with Crippen molar-refractivity contribution in [1.82, 2.24) is 9.78 Å². The van der Waals surface area contributed by atoms with Gasteiger partial charge in [-0.3, -0.25) is 4.68 Å². The van der Waals surface area contributed by atoms with Gasteiger partial charge < -0.3 is 5.11 Å². The van der Waals surface area contributed by atoms with Crippen LogP contribution < -0.4 is 0 Å². The van der Waals surface area contributed by atoms with E-state index in [0.29, 0.717) is 5.75 Å². The number of nitrogens with zero attached hydrogens (tertiary/aromatic N) is 2. The first-order valence-corrected chi connectivity index (χ1v) is 4.39. The first-order valence-electron chi connectivity index (χ1n) is 4.39. The van der Waals surface area contributed by atoms with Crippen LogP contribution in [0.3, 0.4) is 0 Å². The Morgan fingerprint density at radius 3 is 2.92 bits per heavy atom. The Morgan fingerprint density at radius 1 is 1.46 bits per heavy atom. The van der Waals surface area contributed by atoms with Crippen LogP contribution in [0, 0.1) is 6.92 Å². The molecule has 0 saturated carbocycles. The minimum Gasteiger partial charge on any atom is -0.506 e. The second-order valence-corrected chi connectivity index (χ2v) is 3.07. The molecule has 1 aromatic carbocycles. The van der Waals surface area contributed by atoms with Crippen LogP contribution in [0.5, 0.6) is 5.75 Å². The first kappa shape index (κ1) is 8.10. The molecule has 0 radical (unpaired) electrons. The van der Waals surface area contributed by atoms with Crippen molar-refractivity contribution in [1.29, 1.82) is 0 Å². The summed E-state index contributed by atoms with van der Waals surface area (Å²) < 4.78 is 1.82. The second-order valence-electron chi connectivity index (χ2n) is 3.07. The van der Waals surface area contributed by atoms with E-state index in [4.69, 9.17) is 0 Å². The van der Waals surface area contributed by atoms with Gasteiger partial charge in [0.05, 0.1) is 5.69 Å². The quantitative estimate of drug-likeness (QED) is 0.722. The Hall–Kier alpha value is -1.51. The third kappa shape index (κ3) is 1.08. The van der Waals surface area contributed by atoms with Crippen molar-refractivity contribution < 1.29 is 5.11 Å². The van der Waals surface area contributed by atoms with E-state index in [0.717, 1.165) is 23.1 Å². The molecule has 0 aliphatic rings. The zero-order valence-electron chi connectivity index (χ0n) is 7.78. The molecule has 0 amide bonds. The molecule has 13 heavy (non-hydrogen) atoms. The fourth-order valence-electron chi connectivity index (χ4n) is 1.61. The Kier molecular flexibility index (Phi) is 1.72. The highest BCUT2D eigenvalue weighted by Gasteiger charge is 2.08. The Bertz CT molecular complexity index is 445. The smallest absolute Gasteiger partial charge is 0.141 e. The van der Waals surface area contributed by atoms with Crippen LogP contribution in [0.15, 0.2) is 18.2 Å². The molecule has 1 aromatic heterocycles. The number of aryl methyl sites for hydroxylation is 2. The van der Waals surface area contributed by atoms with Crippen LogP contribution >= 0.6 is 0 Å². The van der Waals surface area contributed by atoms with E-state index in [9.17, 15) is 5.11 Å². The zero-order chi connectivity index (χ0) is 9.42. The summed E-state index contributed by atoms with van der Waals surface area (Å²) in [5.74, 6) is 0.306. The van der Waals surface area contributed by atoms with E-state index in [2.05, 4.69) is 5.10 Å². The average Bonchev–Trinajstić information content (AvgIpc) is 2.45. The van der Waals surface area contributed by atoms with Gasteiger partial charge in [0.25, 0.3) is 0 Å². The van der Waals surface area contributed by atoms with Crippen LogP contribution in [-0.4, -0.2) is 14.9 Å². The summed E-state index contributed by atoms with van der Waals surface area (Å²) in [7, 11) is 0. The van der Waals surface area contributed by atoms with E-state index in [1.807, 2.05) is 30.7 Å². The normalized spacial score (nSPS) is 10.9. The van der Waals surface area contributed by atoms with Crippen molar-refractivity contribution in [3.8, 4) is 5.75 Å². The molecule has 3 heteroatoms. The molecular weight excluding hydrogens is 164 g/mol. The highest BCUT2D eigenvalue weighted by molar-refractivity contribution is 5.86. The number of rotatable bonds is 1. The topological polar surface area (TPSA) is 38.0 Å². The number of hydrogen-bond donors (Lipinski definition) is 1. The molecule has 0 atom stereocenters. The minimum absolute atomic E-state index is 0.306. The Labute approximate surface area is 76.6 Å². The SMILES string of the molecule is CCn1nc(C)c2cccc(O)c21. The van der Waals surface area contributed by atoms with Gasteiger partial charge in [-0.2, -0.15) is 5.10 Å². The molecule has 2 aromatic rings. The lowest BCUT2D eigenvalue weighted by molar-refractivity contribution is 0.476. The van der Waals surface area contributed by atoms with Crippen molar-refractivity contribution in [2.75, 3.05) is 0 Å². The van der Waals surface area contributed by atoms with E-state index in [-0.39, 0.29) is 0 Å². The lowest BCUT2D eigenvalue weighted by atomic mass is 10.2. The summed E-state index contributed by atoms with van der Waals surface area (Å²) in [5.41, 5.74) is 1.80. The van der Waals surface area contributed by atoms with Gasteiger partial charge in [0.2, 0.25) is 0 Å². The molecule has 0 aliphatic heterocycles. The predicted molar refractivity (Wildman–Crippen MR) is 51.8 cm³/mol. The maximum atomic E-state index is 9.64. The van der Waals surface area contributed by atoms with Crippen LogP contribution in [0.1, 0.15) is 12.6 Å². The minimum atomic E-state index is 0.306. The number of para-hydroxylation sites is 1. The van der Waals surface area contributed by atoms with Gasteiger partial charge in [0.15, 0.2) is 0 Å². The summed E-state index contributed by atoms with van der Waals surface area (Å²) >= 11 is 0. The van der Waals surface area contributed by atoms with Crippen LogP contribution in [-0.2, 0) is 6.54 Å². The number of aromatic hydroxyl groups is 1. The maximum Gasteiger partial charge on any atom is 0.141 e. The highest BCUT2D eigenvalue weighted by Crippen LogP contribution is 2.26. The standard InChI is InChI=1S/C10H12N2O/c1-3-12-10-8(7(2)11-12)5-4-6-9(10)13/h4-6,13H,3H2,1-2H3. The third-order valence-electron chi connectivity index (χ3n) is 2.23. The zero-order valence-corrected chi connectivity index (χ0v) is 7.78. The summed E-state index contributed by atoms with van der Waals surface area (Å²) in [6, 6.07) is 5.51. The molecule has 2 rings (SSSR count). The van der Waals surface area contributed by atoms with E-state index in [1.54, 1.807) is 6.07 Å². The van der Waals surface area contributed by atoms with Crippen molar-refractivity contribution in [3.63, 3.8) is 0 Å². The van der Waals surface area contributed by atoms with Crippen molar-refractivity contribution in [3.05, 3.63) is 23.9 Å². The number of fused-ring (bicyclic) bond motifs is 1. The third-order valence-corrected chi connectivity index (χ3v) is 2.23. The molecular formula is C10H12N2O. The Balaban J connectivity index is 2.89. The van der Waals surface area contributed by atoms with Gasteiger partial charge in [-0.05, 0) is 19.9 Å². The Morgan fingerprint density at radius 2 is 2.23 bits per heavy atom. The van der Waals surface area contributed by atoms with Gasteiger partial charge in [-0.25, -0.2) is 0 Å². The van der Waals surface area contributed by atoms with Gasteiger partial charge >= 0.3 is 0 Å². The van der Waals surface area contributed by atoms with Crippen LogP contribution in [0.2, 0.25) is 0 Å². The van der Waals surface area contributed by atoms with E-state index < -0.39 is 0 Å². The molecule has 0 aliphatic carbocycles. The molecule has 0 bridgehead atoms. The summed E-state index contributed by atoms with van der Waals surface area (Å²) in [6.45, 7) is 4.74. The van der Waals surface area contributed by atoms with Gasteiger partial charge in [-0.15, -0.1) is 0 Å². The molecule has 1 N–H and O–H groups in total. The predicted octanol–water partition coefficient (Wildman–Crippen LogP) is 2.07. The molecule has 1 heterocycles. The number of phenols is 1.